The summed E-state index contributed by atoms with van der Waals surface area (Å²) in [7, 11) is 1.67. The first kappa shape index (κ1) is 7.98. The standard InChI is InChI=1S/C7H14O3/c1-5-6(3-8)10-4-7(5)9-2/h5-8H,3-4H2,1-2H3/t5-,6-,7+/m1/s1. The second kappa shape index (κ2) is 3.32. The van der Waals surface area contributed by atoms with Gasteiger partial charge in [-0.1, -0.05) is 6.92 Å². The molecule has 1 N–H and O–H groups in total. The molecule has 0 saturated carbocycles. The van der Waals surface area contributed by atoms with E-state index in [9.17, 15) is 0 Å². The molecule has 3 atom stereocenters. The molecule has 0 unspecified atom stereocenters. The van der Waals surface area contributed by atoms with Crippen molar-refractivity contribution in [2.45, 2.75) is 19.1 Å². The number of hydrogen-bond donors (Lipinski definition) is 1. The van der Waals surface area contributed by atoms with Gasteiger partial charge in [-0.3, -0.25) is 0 Å². The Bertz CT molecular complexity index is 93.0. The summed E-state index contributed by atoms with van der Waals surface area (Å²) in [6, 6.07) is 0. The Kier molecular flexibility index (Phi) is 2.65. The van der Waals surface area contributed by atoms with Crippen LogP contribution in [-0.2, 0) is 9.47 Å². The molecule has 1 fully saturated rings. The van der Waals surface area contributed by atoms with E-state index in [0.29, 0.717) is 12.5 Å². The molecule has 10 heavy (non-hydrogen) atoms. The van der Waals surface area contributed by atoms with Crippen LogP contribution < -0.4 is 0 Å². The Morgan fingerprint density at radius 3 is 2.70 bits per heavy atom. The van der Waals surface area contributed by atoms with E-state index in [0.717, 1.165) is 0 Å². The quantitative estimate of drug-likeness (QED) is 0.597. The van der Waals surface area contributed by atoms with Gasteiger partial charge in [-0.2, -0.15) is 0 Å². The predicted octanol–water partition coefficient (Wildman–Crippen LogP) is 0.0286. The number of hydrogen-bond acceptors (Lipinski definition) is 3. The minimum absolute atomic E-state index is 0.0232. The van der Waals surface area contributed by atoms with Gasteiger partial charge in [0.15, 0.2) is 0 Å². The van der Waals surface area contributed by atoms with E-state index in [1.54, 1.807) is 7.11 Å². The summed E-state index contributed by atoms with van der Waals surface area (Å²) in [6.07, 6.45) is 0.141. The number of aliphatic hydroxyl groups excluding tert-OH is 1. The van der Waals surface area contributed by atoms with Crippen molar-refractivity contribution in [2.24, 2.45) is 5.92 Å². The minimum atomic E-state index is -0.0232. The molecule has 3 nitrogen and oxygen atoms in total. The smallest absolute Gasteiger partial charge is 0.0858 e. The Morgan fingerprint density at radius 2 is 2.40 bits per heavy atom. The van der Waals surface area contributed by atoms with E-state index in [1.807, 2.05) is 6.92 Å². The van der Waals surface area contributed by atoms with E-state index < -0.39 is 0 Å². The number of aliphatic hydroxyl groups is 1. The summed E-state index contributed by atoms with van der Waals surface area (Å²) >= 11 is 0. The molecule has 1 aliphatic heterocycles. The summed E-state index contributed by atoms with van der Waals surface area (Å²) in [5.41, 5.74) is 0. The zero-order valence-corrected chi connectivity index (χ0v) is 6.41. The van der Waals surface area contributed by atoms with E-state index in [1.165, 1.54) is 0 Å². The zero-order chi connectivity index (χ0) is 7.56. The number of ether oxygens (including phenoxy) is 2. The highest BCUT2D eigenvalue weighted by Crippen LogP contribution is 2.22. The molecular formula is C7H14O3. The van der Waals surface area contributed by atoms with Gasteiger partial charge in [0.05, 0.1) is 25.4 Å². The first-order chi connectivity index (χ1) is 4.79. The lowest BCUT2D eigenvalue weighted by molar-refractivity contribution is 0.0408. The SMILES string of the molecule is CO[C@H]1CO[C@H](CO)[C@H]1C. The number of rotatable bonds is 2. The van der Waals surface area contributed by atoms with Crippen LogP contribution in [0, 0.1) is 5.92 Å². The molecule has 0 spiro atoms. The van der Waals surface area contributed by atoms with E-state index in [2.05, 4.69) is 0 Å². The second-order valence-electron chi connectivity index (χ2n) is 2.69. The van der Waals surface area contributed by atoms with Gasteiger partial charge >= 0.3 is 0 Å². The second-order valence-corrected chi connectivity index (χ2v) is 2.69. The molecule has 0 aromatic heterocycles. The summed E-state index contributed by atoms with van der Waals surface area (Å²) in [4.78, 5) is 0. The van der Waals surface area contributed by atoms with Gasteiger partial charge < -0.3 is 14.6 Å². The highest BCUT2D eigenvalue weighted by atomic mass is 16.6. The highest BCUT2D eigenvalue weighted by Gasteiger charge is 2.32. The van der Waals surface area contributed by atoms with E-state index in [4.69, 9.17) is 14.6 Å². The Labute approximate surface area is 60.9 Å². The molecule has 0 aromatic carbocycles. The first-order valence-electron chi connectivity index (χ1n) is 3.55. The van der Waals surface area contributed by atoms with Crippen molar-refractivity contribution in [3.05, 3.63) is 0 Å². The third-order valence-corrected chi connectivity index (χ3v) is 2.13. The van der Waals surface area contributed by atoms with Crippen LogP contribution in [0.15, 0.2) is 0 Å². The molecular weight excluding hydrogens is 132 g/mol. The number of methoxy groups -OCH3 is 1. The maximum Gasteiger partial charge on any atom is 0.0858 e. The van der Waals surface area contributed by atoms with Crippen molar-refractivity contribution in [2.75, 3.05) is 20.3 Å². The van der Waals surface area contributed by atoms with Crippen molar-refractivity contribution in [3.63, 3.8) is 0 Å². The monoisotopic (exact) mass is 146 g/mol. The molecule has 0 aromatic rings. The van der Waals surface area contributed by atoms with Gasteiger partial charge in [0.1, 0.15) is 0 Å². The lowest BCUT2D eigenvalue weighted by Crippen LogP contribution is -2.24. The van der Waals surface area contributed by atoms with Crippen LogP contribution in [0.1, 0.15) is 6.92 Å². The van der Waals surface area contributed by atoms with Crippen LogP contribution in [0.3, 0.4) is 0 Å². The van der Waals surface area contributed by atoms with Crippen LogP contribution in [0.2, 0.25) is 0 Å². The topological polar surface area (TPSA) is 38.7 Å². The van der Waals surface area contributed by atoms with Crippen molar-refractivity contribution in [1.29, 1.82) is 0 Å². The van der Waals surface area contributed by atoms with Gasteiger partial charge in [0.2, 0.25) is 0 Å². The first-order valence-corrected chi connectivity index (χ1v) is 3.55. The molecule has 1 heterocycles. The summed E-state index contributed by atoms with van der Waals surface area (Å²) in [5, 5.41) is 8.77. The van der Waals surface area contributed by atoms with Gasteiger partial charge in [-0.25, -0.2) is 0 Å². The fourth-order valence-corrected chi connectivity index (χ4v) is 1.26. The molecule has 0 radical (unpaired) electrons. The summed E-state index contributed by atoms with van der Waals surface area (Å²) in [5.74, 6) is 0.315. The van der Waals surface area contributed by atoms with Crippen LogP contribution in [0.4, 0.5) is 0 Å². The third kappa shape index (κ3) is 1.31. The van der Waals surface area contributed by atoms with E-state index >= 15 is 0 Å². The Hall–Kier alpha value is -0.120. The molecule has 0 amide bonds. The molecule has 3 heteroatoms. The van der Waals surface area contributed by atoms with Crippen molar-refractivity contribution in [1.82, 2.24) is 0 Å². The average molecular weight is 146 g/mol. The zero-order valence-electron chi connectivity index (χ0n) is 6.41. The van der Waals surface area contributed by atoms with Gasteiger partial charge in [0, 0.05) is 13.0 Å². The van der Waals surface area contributed by atoms with Crippen molar-refractivity contribution < 1.29 is 14.6 Å². The Balaban J connectivity index is 2.41. The van der Waals surface area contributed by atoms with Crippen molar-refractivity contribution in [3.8, 4) is 0 Å². The minimum Gasteiger partial charge on any atom is -0.394 e. The predicted molar refractivity (Wildman–Crippen MR) is 36.8 cm³/mol. The van der Waals surface area contributed by atoms with Gasteiger partial charge in [-0.15, -0.1) is 0 Å². The molecule has 60 valence electrons. The lowest BCUT2D eigenvalue weighted by Gasteiger charge is -2.14. The fourth-order valence-electron chi connectivity index (χ4n) is 1.26. The van der Waals surface area contributed by atoms with Crippen molar-refractivity contribution >= 4 is 0 Å². The highest BCUT2D eigenvalue weighted by molar-refractivity contribution is 4.80. The van der Waals surface area contributed by atoms with Crippen LogP contribution in [0.5, 0.6) is 0 Å². The Morgan fingerprint density at radius 1 is 1.70 bits per heavy atom. The fraction of sp³-hybridized carbons (Fsp3) is 1.00. The maximum atomic E-state index is 8.77. The van der Waals surface area contributed by atoms with Crippen LogP contribution in [0.25, 0.3) is 0 Å². The molecule has 0 aliphatic carbocycles. The largest absolute Gasteiger partial charge is 0.394 e. The summed E-state index contributed by atoms with van der Waals surface area (Å²) in [6.45, 7) is 2.74. The summed E-state index contributed by atoms with van der Waals surface area (Å²) < 4.78 is 10.4. The van der Waals surface area contributed by atoms with E-state index in [-0.39, 0.29) is 18.8 Å². The maximum absolute atomic E-state index is 8.77. The normalized spacial score (nSPS) is 40.5. The third-order valence-electron chi connectivity index (χ3n) is 2.13. The van der Waals surface area contributed by atoms with Gasteiger partial charge in [0.25, 0.3) is 0 Å². The lowest BCUT2D eigenvalue weighted by atomic mass is 10.0. The van der Waals surface area contributed by atoms with Crippen LogP contribution >= 0.6 is 0 Å². The average Bonchev–Trinajstić information content (AvgIpc) is 2.30. The molecule has 0 bridgehead atoms. The molecule has 1 saturated heterocycles. The van der Waals surface area contributed by atoms with Gasteiger partial charge in [-0.05, 0) is 0 Å². The molecule has 1 aliphatic rings. The molecule has 1 rings (SSSR count). The van der Waals surface area contributed by atoms with Crippen LogP contribution in [-0.4, -0.2) is 37.6 Å².